The minimum Gasteiger partial charge on any atom is -0.392 e. The van der Waals surface area contributed by atoms with Gasteiger partial charge in [0.1, 0.15) is 11.6 Å². The van der Waals surface area contributed by atoms with Crippen LogP contribution in [0.4, 0.5) is 8.78 Å². The van der Waals surface area contributed by atoms with Crippen LogP contribution in [0.5, 0.6) is 0 Å². The van der Waals surface area contributed by atoms with Gasteiger partial charge in [-0.2, -0.15) is 5.10 Å². The van der Waals surface area contributed by atoms with Crippen molar-refractivity contribution in [3.63, 3.8) is 0 Å². The highest BCUT2D eigenvalue weighted by molar-refractivity contribution is 5.35. The summed E-state index contributed by atoms with van der Waals surface area (Å²) in [6.45, 7) is 0.373. The van der Waals surface area contributed by atoms with E-state index in [1.54, 1.807) is 0 Å². The van der Waals surface area contributed by atoms with Gasteiger partial charge < -0.3 is 10.4 Å². The van der Waals surface area contributed by atoms with E-state index in [9.17, 15) is 18.7 Å². The Morgan fingerprint density at radius 1 is 1.40 bits per heavy atom. The average Bonchev–Trinajstić information content (AvgIpc) is 2.96. The fraction of sp³-hybridized carbons (Fsp3) is 0.333. The van der Waals surface area contributed by atoms with Crippen LogP contribution in [0.1, 0.15) is 18.3 Å². The van der Waals surface area contributed by atoms with Gasteiger partial charge >= 0.3 is 5.69 Å². The lowest BCUT2D eigenvalue weighted by Crippen LogP contribution is -2.23. The summed E-state index contributed by atoms with van der Waals surface area (Å²) in [4.78, 5) is 11.8. The number of aliphatic hydroxyl groups excluding tert-OH is 1. The largest absolute Gasteiger partial charge is 0.392 e. The predicted octanol–water partition coefficient (Wildman–Crippen LogP) is 0.234. The van der Waals surface area contributed by atoms with Crippen molar-refractivity contribution in [1.82, 2.24) is 20.1 Å². The van der Waals surface area contributed by atoms with Crippen molar-refractivity contribution in [2.45, 2.75) is 18.6 Å². The second-order valence-electron chi connectivity index (χ2n) is 4.67. The summed E-state index contributed by atoms with van der Waals surface area (Å²) >= 11 is 0. The maximum absolute atomic E-state index is 13.8. The van der Waals surface area contributed by atoms with Crippen molar-refractivity contribution >= 4 is 0 Å². The number of rotatable bonds is 2. The maximum atomic E-state index is 13.8. The fourth-order valence-electron chi connectivity index (χ4n) is 2.35. The Kier molecular flexibility index (Phi) is 3.11. The summed E-state index contributed by atoms with van der Waals surface area (Å²) in [5, 5.41) is 18.6. The zero-order chi connectivity index (χ0) is 14.3. The van der Waals surface area contributed by atoms with Crippen LogP contribution in [-0.4, -0.2) is 32.5 Å². The summed E-state index contributed by atoms with van der Waals surface area (Å²) in [5.74, 6) is -1.32. The Morgan fingerprint density at radius 2 is 2.20 bits per heavy atom. The minimum atomic E-state index is -0.853. The molecule has 0 aliphatic carbocycles. The smallest absolute Gasteiger partial charge is 0.348 e. The molecule has 1 aliphatic rings. The number of nitrogens with zero attached hydrogens (tertiary/aromatic N) is 2. The third-order valence-electron chi connectivity index (χ3n) is 3.27. The van der Waals surface area contributed by atoms with E-state index in [0.717, 1.165) is 10.6 Å². The quantitative estimate of drug-likeness (QED) is 0.736. The number of aliphatic hydroxyl groups is 1. The predicted molar refractivity (Wildman–Crippen MR) is 65.5 cm³/mol. The topological polar surface area (TPSA) is 82.9 Å². The van der Waals surface area contributed by atoms with Crippen molar-refractivity contribution in [3.8, 4) is 5.69 Å². The van der Waals surface area contributed by atoms with Crippen molar-refractivity contribution in [2.75, 3.05) is 6.54 Å². The van der Waals surface area contributed by atoms with Crippen LogP contribution >= 0.6 is 0 Å². The number of aromatic amines is 1. The van der Waals surface area contributed by atoms with Crippen molar-refractivity contribution in [3.05, 3.63) is 46.1 Å². The lowest BCUT2D eigenvalue weighted by Gasteiger charge is -2.12. The maximum Gasteiger partial charge on any atom is 0.348 e. The SMILES string of the molecule is O=c1[nH]nc([C@@H]2C[C@@H](O)CN2)n1-c1ccc(F)cc1F. The number of hydrogen-bond acceptors (Lipinski definition) is 4. The summed E-state index contributed by atoms with van der Waals surface area (Å²) in [7, 11) is 0. The summed E-state index contributed by atoms with van der Waals surface area (Å²) < 4.78 is 27.8. The molecule has 3 N–H and O–H groups in total. The van der Waals surface area contributed by atoms with E-state index < -0.39 is 23.4 Å². The highest BCUT2D eigenvalue weighted by Gasteiger charge is 2.29. The van der Waals surface area contributed by atoms with E-state index in [1.807, 2.05) is 0 Å². The van der Waals surface area contributed by atoms with Gasteiger partial charge in [0.25, 0.3) is 0 Å². The van der Waals surface area contributed by atoms with E-state index in [2.05, 4.69) is 15.5 Å². The number of hydrogen-bond donors (Lipinski definition) is 3. The molecule has 1 saturated heterocycles. The molecule has 1 aromatic heterocycles. The first-order valence-electron chi connectivity index (χ1n) is 6.10. The van der Waals surface area contributed by atoms with Gasteiger partial charge in [-0.1, -0.05) is 0 Å². The number of benzene rings is 1. The molecule has 20 heavy (non-hydrogen) atoms. The number of halogens is 2. The molecule has 0 spiro atoms. The summed E-state index contributed by atoms with van der Waals surface area (Å²) in [6.07, 6.45) is -0.175. The minimum absolute atomic E-state index is 0.0802. The first kappa shape index (κ1) is 12.9. The fourth-order valence-corrected chi connectivity index (χ4v) is 2.35. The van der Waals surface area contributed by atoms with Gasteiger partial charge in [0.05, 0.1) is 17.8 Å². The molecule has 0 unspecified atom stereocenters. The zero-order valence-corrected chi connectivity index (χ0v) is 10.3. The molecule has 2 aromatic rings. The Labute approximate surface area is 112 Å². The molecule has 2 atom stereocenters. The molecule has 0 saturated carbocycles. The van der Waals surface area contributed by atoms with Gasteiger partial charge in [0, 0.05) is 12.6 Å². The van der Waals surface area contributed by atoms with Gasteiger partial charge in [-0.25, -0.2) is 23.2 Å². The van der Waals surface area contributed by atoms with Gasteiger partial charge in [0.15, 0.2) is 5.82 Å². The summed E-state index contributed by atoms with van der Waals surface area (Å²) in [5.41, 5.74) is -0.697. The third-order valence-corrected chi connectivity index (χ3v) is 3.27. The van der Waals surface area contributed by atoms with E-state index >= 15 is 0 Å². The van der Waals surface area contributed by atoms with E-state index in [0.29, 0.717) is 19.0 Å². The molecule has 1 aromatic carbocycles. The van der Waals surface area contributed by atoms with Crippen LogP contribution in [-0.2, 0) is 0 Å². The van der Waals surface area contributed by atoms with Gasteiger partial charge in [-0.3, -0.25) is 0 Å². The molecule has 0 amide bonds. The molecule has 8 heteroatoms. The van der Waals surface area contributed by atoms with E-state index in [-0.39, 0.29) is 17.6 Å². The second kappa shape index (κ2) is 4.80. The van der Waals surface area contributed by atoms with Crippen LogP contribution in [0.2, 0.25) is 0 Å². The average molecular weight is 282 g/mol. The molecule has 6 nitrogen and oxygen atoms in total. The van der Waals surface area contributed by atoms with E-state index in [1.165, 1.54) is 6.07 Å². The van der Waals surface area contributed by atoms with Crippen molar-refractivity contribution in [1.29, 1.82) is 0 Å². The van der Waals surface area contributed by atoms with Crippen LogP contribution in [0.15, 0.2) is 23.0 Å². The molecule has 0 bridgehead atoms. The zero-order valence-electron chi connectivity index (χ0n) is 10.3. The lowest BCUT2D eigenvalue weighted by molar-refractivity contribution is 0.193. The Balaban J connectivity index is 2.09. The van der Waals surface area contributed by atoms with Crippen LogP contribution < -0.4 is 11.0 Å². The standard InChI is InChI=1S/C12H12F2N4O2/c13-6-1-2-10(8(14)3-6)18-11(16-17-12(18)20)9-4-7(19)5-15-9/h1-3,7,9,15,19H,4-5H2,(H,17,20)/t7-,9+/m1/s1. The Morgan fingerprint density at radius 3 is 2.85 bits per heavy atom. The second-order valence-corrected chi connectivity index (χ2v) is 4.67. The Bertz CT molecular complexity index is 697. The van der Waals surface area contributed by atoms with Crippen LogP contribution in [0.25, 0.3) is 5.69 Å². The molecule has 0 radical (unpaired) electrons. The van der Waals surface area contributed by atoms with E-state index in [4.69, 9.17) is 0 Å². The van der Waals surface area contributed by atoms with Crippen molar-refractivity contribution < 1.29 is 13.9 Å². The van der Waals surface area contributed by atoms with Crippen LogP contribution in [0.3, 0.4) is 0 Å². The molecular weight excluding hydrogens is 270 g/mol. The lowest BCUT2D eigenvalue weighted by atomic mass is 10.2. The number of β-amino-alcohol motifs (C(OH)–C–C–N with tert-alkyl or cyclic N) is 1. The highest BCUT2D eigenvalue weighted by Crippen LogP contribution is 2.23. The number of nitrogens with one attached hydrogen (secondary N) is 2. The molecule has 3 rings (SSSR count). The first-order valence-corrected chi connectivity index (χ1v) is 6.10. The summed E-state index contributed by atoms with van der Waals surface area (Å²) in [6, 6.07) is 2.58. The Hall–Kier alpha value is -2.06. The molecule has 106 valence electrons. The van der Waals surface area contributed by atoms with Gasteiger partial charge in [0.2, 0.25) is 0 Å². The normalized spacial score (nSPS) is 22.4. The highest BCUT2D eigenvalue weighted by atomic mass is 19.1. The molecule has 1 fully saturated rings. The van der Waals surface area contributed by atoms with Gasteiger partial charge in [-0.05, 0) is 18.6 Å². The molecular formula is C12H12F2N4O2. The number of aromatic nitrogens is 3. The van der Waals surface area contributed by atoms with Crippen molar-refractivity contribution in [2.24, 2.45) is 0 Å². The van der Waals surface area contributed by atoms with Crippen LogP contribution in [0, 0.1) is 11.6 Å². The van der Waals surface area contributed by atoms with Gasteiger partial charge in [-0.15, -0.1) is 0 Å². The number of H-pyrrole nitrogens is 1. The molecule has 1 aliphatic heterocycles. The first-order chi connectivity index (χ1) is 9.56. The molecule has 2 heterocycles. The monoisotopic (exact) mass is 282 g/mol. The third kappa shape index (κ3) is 2.12.